The second kappa shape index (κ2) is 7.27. The number of carbonyl (C=O) groups excluding carboxylic acids is 1. The molecule has 0 atom stereocenters. The smallest absolute Gasteiger partial charge is 0.251 e. The van der Waals surface area contributed by atoms with Gasteiger partial charge in [0, 0.05) is 22.1 Å². The Morgan fingerprint density at radius 2 is 1.95 bits per heavy atom. The average Bonchev–Trinajstić information content (AvgIpc) is 2.35. The van der Waals surface area contributed by atoms with Gasteiger partial charge in [-0.25, -0.2) is 0 Å². The molecular formula is C14H20BrClN2O. The van der Waals surface area contributed by atoms with E-state index in [2.05, 4.69) is 21.2 Å². The molecule has 0 aliphatic heterocycles. The van der Waals surface area contributed by atoms with E-state index in [1.807, 2.05) is 25.1 Å². The van der Waals surface area contributed by atoms with Crippen LogP contribution in [0.25, 0.3) is 0 Å². The van der Waals surface area contributed by atoms with E-state index in [4.69, 9.17) is 5.73 Å². The molecule has 106 valence electrons. The van der Waals surface area contributed by atoms with Gasteiger partial charge in [-0.2, -0.15) is 0 Å². The van der Waals surface area contributed by atoms with Crippen LogP contribution >= 0.6 is 28.3 Å². The molecule has 19 heavy (non-hydrogen) atoms. The first-order valence-corrected chi connectivity index (χ1v) is 7.18. The zero-order valence-electron chi connectivity index (χ0n) is 11.0. The second-order valence-corrected chi connectivity index (χ2v) is 5.90. The molecule has 0 bridgehead atoms. The fraction of sp³-hybridized carbons (Fsp3) is 0.500. The van der Waals surface area contributed by atoms with Crippen LogP contribution < -0.4 is 11.1 Å². The van der Waals surface area contributed by atoms with Crippen molar-refractivity contribution in [3.63, 3.8) is 0 Å². The van der Waals surface area contributed by atoms with Gasteiger partial charge in [-0.15, -0.1) is 12.4 Å². The minimum atomic E-state index is 0. The lowest BCUT2D eigenvalue weighted by Gasteiger charge is -2.26. The quantitative estimate of drug-likeness (QED) is 0.863. The molecule has 0 unspecified atom stereocenters. The Bertz CT molecular complexity index is 445. The Hall–Kier alpha value is -0.580. The maximum absolute atomic E-state index is 12.1. The third-order valence-electron chi connectivity index (χ3n) is 3.53. The fourth-order valence-corrected chi connectivity index (χ4v) is 2.56. The molecule has 1 aliphatic rings. The summed E-state index contributed by atoms with van der Waals surface area (Å²) < 4.78 is 1.03. The molecule has 3 nitrogen and oxygen atoms in total. The van der Waals surface area contributed by atoms with E-state index in [9.17, 15) is 4.79 Å². The molecule has 1 aromatic carbocycles. The van der Waals surface area contributed by atoms with Crippen molar-refractivity contribution in [1.29, 1.82) is 0 Å². The second-order valence-electron chi connectivity index (χ2n) is 5.05. The molecule has 1 saturated carbocycles. The molecule has 0 radical (unpaired) electrons. The molecule has 5 heteroatoms. The summed E-state index contributed by atoms with van der Waals surface area (Å²) >= 11 is 3.44. The lowest BCUT2D eigenvalue weighted by atomic mass is 9.91. The topological polar surface area (TPSA) is 55.1 Å². The van der Waals surface area contributed by atoms with Crippen molar-refractivity contribution >= 4 is 34.2 Å². The molecule has 0 saturated heterocycles. The van der Waals surface area contributed by atoms with Crippen LogP contribution in [-0.4, -0.2) is 18.0 Å². The number of aryl methyl sites for hydroxylation is 1. The number of benzene rings is 1. The van der Waals surface area contributed by atoms with Crippen LogP contribution in [0.2, 0.25) is 0 Å². The third kappa shape index (κ3) is 4.48. The molecule has 1 fully saturated rings. The molecule has 0 aromatic heterocycles. The van der Waals surface area contributed by atoms with E-state index in [-0.39, 0.29) is 24.4 Å². The highest BCUT2D eigenvalue weighted by Gasteiger charge is 2.20. The summed E-state index contributed by atoms with van der Waals surface area (Å²) in [5, 5.41) is 3.09. The maximum Gasteiger partial charge on any atom is 0.251 e. The standard InChI is InChI=1S/C14H19BrN2O.ClH/c1-9-8-10(2-7-13(9)15)14(18)17-12-5-3-11(16)4-6-12;/h2,7-8,11-12H,3-6,16H2,1H3,(H,17,18);1H. The molecule has 2 rings (SSSR count). The van der Waals surface area contributed by atoms with Crippen LogP contribution in [0.1, 0.15) is 41.6 Å². The first kappa shape index (κ1) is 16.5. The normalized spacial score (nSPS) is 22.5. The van der Waals surface area contributed by atoms with E-state index in [0.717, 1.165) is 41.3 Å². The summed E-state index contributed by atoms with van der Waals surface area (Å²) in [6.07, 6.45) is 3.99. The average molecular weight is 348 g/mol. The third-order valence-corrected chi connectivity index (χ3v) is 4.42. The highest BCUT2D eigenvalue weighted by Crippen LogP contribution is 2.19. The van der Waals surface area contributed by atoms with Gasteiger partial charge >= 0.3 is 0 Å². The molecule has 1 aromatic rings. The van der Waals surface area contributed by atoms with E-state index < -0.39 is 0 Å². The number of halogens is 2. The first-order chi connectivity index (χ1) is 8.56. The monoisotopic (exact) mass is 346 g/mol. The summed E-state index contributed by atoms with van der Waals surface area (Å²) in [5.74, 6) is 0.0195. The van der Waals surface area contributed by atoms with Gasteiger partial charge in [0.1, 0.15) is 0 Å². The molecule has 1 amide bonds. The number of rotatable bonds is 2. The van der Waals surface area contributed by atoms with Crippen molar-refractivity contribution < 1.29 is 4.79 Å². The lowest BCUT2D eigenvalue weighted by Crippen LogP contribution is -2.40. The van der Waals surface area contributed by atoms with Crippen LogP contribution in [0.15, 0.2) is 22.7 Å². The Kier molecular flexibility index (Phi) is 6.30. The van der Waals surface area contributed by atoms with Gasteiger partial charge in [0.2, 0.25) is 0 Å². The van der Waals surface area contributed by atoms with Crippen molar-refractivity contribution in [2.45, 2.75) is 44.7 Å². The number of carbonyl (C=O) groups is 1. The maximum atomic E-state index is 12.1. The predicted octanol–water partition coefficient (Wildman–Crippen LogP) is 3.18. The fourth-order valence-electron chi connectivity index (χ4n) is 2.32. The minimum Gasteiger partial charge on any atom is -0.349 e. The summed E-state index contributed by atoms with van der Waals surface area (Å²) in [6, 6.07) is 6.27. The largest absolute Gasteiger partial charge is 0.349 e. The molecule has 0 spiro atoms. The number of hydrogen-bond donors (Lipinski definition) is 2. The molecule has 0 heterocycles. The highest BCUT2D eigenvalue weighted by molar-refractivity contribution is 9.10. The number of nitrogens with two attached hydrogens (primary N) is 1. The van der Waals surface area contributed by atoms with Crippen LogP contribution in [0.4, 0.5) is 0 Å². The summed E-state index contributed by atoms with van der Waals surface area (Å²) in [5.41, 5.74) is 7.66. The molecule has 3 N–H and O–H groups in total. The zero-order chi connectivity index (χ0) is 13.1. The van der Waals surface area contributed by atoms with Crippen LogP contribution in [0.3, 0.4) is 0 Å². The van der Waals surface area contributed by atoms with Crippen LogP contribution in [0.5, 0.6) is 0 Å². The van der Waals surface area contributed by atoms with Gasteiger partial charge in [-0.3, -0.25) is 4.79 Å². The van der Waals surface area contributed by atoms with Gasteiger partial charge in [0.05, 0.1) is 0 Å². The van der Waals surface area contributed by atoms with E-state index >= 15 is 0 Å². The Morgan fingerprint density at radius 3 is 2.53 bits per heavy atom. The van der Waals surface area contributed by atoms with Crippen LogP contribution in [-0.2, 0) is 0 Å². The van der Waals surface area contributed by atoms with Gasteiger partial charge in [-0.05, 0) is 56.4 Å². The first-order valence-electron chi connectivity index (χ1n) is 6.39. The molecule has 1 aliphatic carbocycles. The zero-order valence-corrected chi connectivity index (χ0v) is 13.4. The number of amides is 1. The van der Waals surface area contributed by atoms with E-state index in [1.165, 1.54) is 0 Å². The van der Waals surface area contributed by atoms with Gasteiger partial charge < -0.3 is 11.1 Å². The van der Waals surface area contributed by atoms with E-state index in [1.54, 1.807) is 0 Å². The van der Waals surface area contributed by atoms with Gasteiger partial charge in [-0.1, -0.05) is 15.9 Å². The van der Waals surface area contributed by atoms with Crippen LogP contribution in [0, 0.1) is 6.92 Å². The lowest BCUT2D eigenvalue weighted by molar-refractivity contribution is 0.0926. The predicted molar refractivity (Wildman–Crippen MR) is 83.8 cm³/mol. The van der Waals surface area contributed by atoms with E-state index in [0.29, 0.717) is 6.04 Å². The minimum absolute atomic E-state index is 0. The summed E-state index contributed by atoms with van der Waals surface area (Å²) in [4.78, 5) is 12.1. The van der Waals surface area contributed by atoms with Crippen molar-refractivity contribution in [3.05, 3.63) is 33.8 Å². The van der Waals surface area contributed by atoms with Crippen molar-refractivity contribution in [2.24, 2.45) is 5.73 Å². The number of nitrogens with one attached hydrogen (secondary N) is 1. The van der Waals surface area contributed by atoms with Crippen molar-refractivity contribution in [2.75, 3.05) is 0 Å². The van der Waals surface area contributed by atoms with Gasteiger partial charge in [0.25, 0.3) is 5.91 Å². The van der Waals surface area contributed by atoms with Crippen molar-refractivity contribution in [1.82, 2.24) is 5.32 Å². The Balaban J connectivity index is 0.00000180. The van der Waals surface area contributed by atoms with Crippen molar-refractivity contribution in [3.8, 4) is 0 Å². The Labute approximate surface area is 128 Å². The summed E-state index contributed by atoms with van der Waals surface area (Å²) in [6.45, 7) is 1.99. The molecular weight excluding hydrogens is 328 g/mol. The summed E-state index contributed by atoms with van der Waals surface area (Å²) in [7, 11) is 0. The number of hydrogen-bond acceptors (Lipinski definition) is 2. The highest BCUT2D eigenvalue weighted by atomic mass is 79.9. The van der Waals surface area contributed by atoms with Gasteiger partial charge in [0.15, 0.2) is 0 Å². The Morgan fingerprint density at radius 1 is 1.32 bits per heavy atom. The SMILES string of the molecule is Cc1cc(C(=O)NC2CCC(N)CC2)ccc1Br.Cl.